The van der Waals surface area contributed by atoms with E-state index in [2.05, 4.69) is 6.92 Å². The van der Waals surface area contributed by atoms with E-state index < -0.39 is 0 Å². The molecule has 6 heteroatoms. The topological polar surface area (TPSA) is 63.2 Å². The Kier molecular flexibility index (Phi) is 24.7. The Morgan fingerprint density at radius 2 is 0.862 bits per heavy atom. The first kappa shape index (κ1) is 28.3. The number of esters is 1. The van der Waals surface area contributed by atoms with Crippen molar-refractivity contribution in [3.63, 3.8) is 0 Å². The van der Waals surface area contributed by atoms with Gasteiger partial charge in [-0.2, -0.15) is 0 Å². The Morgan fingerprint density at radius 3 is 1.31 bits per heavy atom. The smallest absolute Gasteiger partial charge is 0.305 e. The quantitative estimate of drug-likeness (QED) is 0.164. The zero-order valence-corrected chi connectivity index (χ0v) is 19.1. The average Bonchev–Trinajstić information content (AvgIpc) is 2.74. The van der Waals surface area contributed by atoms with Gasteiger partial charge in [0.25, 0.3) is 0 Å². The van der Waals surface area contributed by atoms with E-state index in [0.29, 0.717) is 59.3 Å². The summed E-state index contributed by atoms with van der Waals surface area (Å²) in [5.74, 6) is -0.200. The highest BCUT2D eigenvalue weighted by molar-refractivity contribution is 5.68. The lowest BCUT2D eigenvalue weighted by molar-refractivity contribution is -0.144. The zero-order chi connectivity index (χ0) is 21.3. The lowest BCUT2D eigenvalue weighted by Crippen LogP contribution is -2.14. The van der Waals surface area contributed by atoms with Crippen LogP contribution in [-0.2, 0) is 28.5 Å². The molecular formula is C23H46O6. The molecule has 0 radical (unpaired) electrons. The van der Waals surface area contributed by atoms with Crippen LogP contribution < -0.4 is 0 Å². The van der Waals surface area contributed by atoms with Gasteiger partial charge < -0.3 is 23.7 Å². The lowest BCUT2D eigenvalue weighted by Gasteiger charge is -2.08. The third-order valence-electron chi connectivity index (χ3n) is 4.54. The van der Waals surface area contributed by atoms with Crippen molar-refractivity contribution in [2.75, 3.05) is 59.5 Å². The number of carbonyl (C=O) groups excluding carboxylic acids is 1. The number of unbranched alkanes of at least 4 members (excludes halogenated alkanes) is 9. The second kappa shape index (κ2) is 25.3. The fraction of sp³-hybridized carbons (Fsp3) is 0.957. The molecule has 0 aromatic heterocycles. The summed E-state index contributed by atoms with van der Waals surface area (Å²) >= 11 is 0. The monoisotopic (exact) mass is 418 g/mol. The molecule has 29 heavy (non-hydrogen) atoms. The molecule has 0 aromatic rings. The molecule has 6 nitrogen and oxygen atoms in total. The number of hydrogen-bond donors (Lipinski definition) is 0. The summed E-state index contributed by atoms with van der Waals surface area (Å²) in [7, 11) is 0. The fourth-order valence-corrected chi connectivity index (χ4v) is 2.77. The van der Waals surface area contributed by atoms with Crippen LogP contribution in [0, 0.1) is 0 Å². The molecule has 0 spiro atoms. The minimum atomic E-state index is -0.200. The molecule has 0 fully saturated rings. The van der Waals surface area contributed by atoms with Crippen LogP contribution in [0.1, 0.15) is 84.5 Å². The number of rotatable bonds is 24. The van der Waals surface area contributed by atoms with Gasteiger partial charge in [-0.1, -0.05) is 71.6 Å². The van der Waals surface area contributed by atoms with Crippen LogP contribution in [0.2, 0.25) is 0 Å². The molecule has 0 unspecified atom stereocenters. The summed E-state index contributed by atoms with van der Waals surface area (Å²) in [5.41, 5.74) is 0. The lowest BCUT2D eigenvalue weighted by atomic mass is 10.1. The standard InChI is InChI=1S/C23H46O6/c1-3-5-6-7-8-9-10-11-12-13-14-25-15-16-26-17-18-27-19-20-28-21-22-29-23(24)4-2/h3-22H2,1-2H3. The van der Waals surface area contributed by atoms with E-state index in [1.165, 1.54) is 57.8 Å². The Bertz CT molecular complexity index is 324. The van der Waals surface area contributed by atoms with E-state index in [9.17, 15) is 4.79 Å². The third-order valence-corrected chi connectivity index (χ3v) is 4.54. The normalized spacial score (nSPS) is 11.1. The summed E-state index contributed by atoms with van der Waals surface area (Å²) in [6, 6.07) is 0. The first-order valence-corrected chi connectivity index (χ1v) is 11.8. The van der Waals surface area contributed by atoms with Crippen molar-refractivity contribution in [2.24, 2.45) is 0 Å². The van der Waals surface area contributed by atoms with E-state index >= 15 is 0 Å². The van der Waals surface area contributed by atoms with E-state index in [-0.39, 0.29) is 5.97 Å². The summed E-state index contributed by atoms with van der Waals surface area (Å²) in [5, 5.41) is 0. The van der Waals surface area contributed by atoms with Gasteiger partial charge in [-0.15, -0.1) is 0 Å². The molecule has 0 rings (SSSR count). The first-order valence-electron chi connectivity index (χ1n) is 11.8. The van der Waals surface area contributed by atoms with Crippen LogP contribution >= 0.6 is 0 Å². The molecule has 0 bridgehead atoms. The van der Waals surface area contributed by atoms with Crippen molar-refractivity contribution in [2.45, 2.75) is 84.5 Å². The van der Waals surface area contributed by atoms with Crippen LogP contribution in [0.25, 0.3) is 0 Å². The Labute approximate surface area is 178 Å². The van der Waals surface area contributed by atoms with E-state index in [4.69, 9.17) is 23.7 Å². The molecule has 0 amide bonds. The highest BCUT2D eigenvalue weighted by Crippen LogP contribution is 2.10. The van der Waals surface area contributed by atoms with Crippen molar-refractivity contribution in [3.05, 3.63) is 0 Å². The molecule has 0 aromatic carbocycles. The molecule has 0 saturated heterocycles. The van der Waals surface area contributed by atoms with Crippen molar-refractivity contribution in [1.82, 2.24) is 0 Å². The van der Waals surface area contributed by atoms with Gasteiger partial charge in [-0.3, -0.25) is 4.79 Å². The largest absolute Gasteiger partial charge is 0.463 e. The van der Waals surface area contributed by atoms with Crippen LogP contribution in [-0.4, -0.2) is 65.4 Å². The van der Waals surface area contributed by atoms with E-state index in [1.54, 1.807) is 6.92 Å². The van der Waals surface area contributed by atoms with Gasteiger partial charge in [-0.25, -0.2) is 0 Å². The molecule has 0 heterocycles. The highest BCUT2D eigenvalue weighted by atomic mass is 16.6. The van der Waals surface area contributed by atoms with Crippen molar-refractivity contribution >= 4 is 5.97 Å². The number of ether oxygens (including phenoxy) is 5. The first-order chi connectivity index (χ1) is 14.3. The third kappa shape index (κ3) is 25.3. The molecule has 174 valence electrons. The van der Waals surface area contributed by atoms with Crippen LogP contribution in [0.15, 0.2) is 0 Å². The molecule has 0 aliphatic carbocycles. The van der Waals surface area contributed by atoms with Gasteiger partial charge >= 0.3 is 5.97 Å². The predicted octanol–water partition coefficient (Wildman–Crippen LogP) is 4.93. The maximum absolute atomic E-state index is 10.9. The van der Waals surface area contributed by atoms with Gasteiger partial charge in [0, 0.05) is 13.0 Å². The molecule has 0 aliphatic heterocycles. The predicted molar refractivity (Wildman–Crippen MR) is 116 cm³/mol. The summed E-state index contributed by atoms with van der Waals surface area (Å²) < 4.78 is 26.7. The maximum Gasteiger partial charge on any atom is 0.305 e. The van der Waals surface area contributed by atoms with E-state index in [1.807, 2.05) is 0 Å². The van der Waals surface area contributed by atoms with E-state index in [0.717, 1.165) is 13.0 Å². The Balaban J connectivity index is 3.01. The minimum Gasteiger partial charge on any atom is -0.463 e. The molecule has 0 atom stereocenters. The summed E-state index contributed by atoms with van der Waals surface area (Å²) in [6.45, 7) is 8.95. The zero-order valence-electron chi connectivity index (χ0n) is 19.1. The summed E-state index contributed by atoms with van der Waals surface area (Å²) in [4.78, 5) is 10.9. The molecule has 0 N–H and O–H groups in total. The average molecular weight is 419 g/mol. The second-order valence-corrected chi connectivity index (χ2v) is 7.21. The minimum absolute atomic E-state index is 0.200. The van der Waals surface area contributed by atoms with Gasteiger partial charge in [0.1, 0.15) is 6.61 Å². The van der Waals surface area contributed by atoms with Crippen molar-refractivity contribution in [3.8, 4) is 0 Å². The van der Waals surface area contributed by atoms with Gasteiger partial charge in [0.2, 0.25) is 0 Å². The van der Waals surface area contributed by atoms with Crippen LogP contribution in [0.4, 0.5) is 0 Å². The molecule has 0 saturated carbocycles. The number of hydrogen-bond acceptors (Lipinski definition) is 6. The Hall–Kier alpha value is -0.690. The SMILES string of the molecule is CCCCCCCCCCCCOCCOCCOCCOCCOC(=O)CC. The Morgan fingerprint density at radius 1 is 0.483 bits per heavy atom. The maximum atomic E-state index is 10.9. The second-order valence-electron chi connectivity index (χ2n) is 7.21. The van der Waals surface area contributed by atoms with Gasteiger partial charge in [-0.05, 0) is 6.42 Å². The van der Waals surface area contributed by atoms with Crippen molar-refractivity contribution < 1.29 is 28.5 Å². The summed E-state index contributed by atoms with van der Waals surface area (Å²) in [6.07, 6.45) is 13.8. The van der Waals surface area contributed by atoms with Crippen molar-refractivity contribution in [1.29, 1.82) is 0 Å². The fourth-order valence-electron chi connectivity index (χ4n) is 2.77. The number of carbonyl (C=O) groups is 1. The van der Waals surface area contributed by atoms with Crippen LogP contribution in [0.5, 0.6) is 0 Å². The van der Waals surface area contributed by atoms with Gasteiger partial charge in [0.05, 0.1) is 46.2 Å². The van der Waals surface area contributed by atoms with Crippen LogP contribution in [0.3, 0.4) is 0 Å². The molecule has 0 aliphatic rings. The van der Waals surface area contributed by atoms with Gasteiger partial charge in [0.15, 0.2) is 0 Å². The highest BCUT2D eigenvalue weighted by Gasteiger charge is 1.97. The molecular weight excluding hydrogens is 372 g/mol.